The Balaban J connectivity index is 2.26. The van der Waals surface area contributed by atoms with E-state index in [4.69, 9.17) is 15.3 Å². The van der Waals surface area contributed by atoms with Gasteiger partial charge >= 0.3 is 5.97 Å². The Labute approximate surface area is 190 Å². The number of carbonyl (C=O) groups excluding carboxylic acids is 2. The molecule has 11 heteroatoms. The Morgan fingerprint density at radius 3 is 2.16 bits per heavy atom. The number of methoxy groups -OCH3 is 1. The van der Waals surface area contributed by atoms with Gasteiger partial charge in [0.2, 0.25) is 10.0 Å². The number of nitriles is 2. The molecule has 168 valence electrons. The van der Waals surface area contributed by atoms with Gasteiger partial charge in [-0.05, 0) is 43.7 Å². The predicted octanol–water partition coefficient (Wildman–Crippen LogP) is 3.22. The molecular formula is C21H22N4O5S2. The van der Waals surface area contributed by atoms with Crippen LogP contribution in [0.15, 0.2) is 29.2 Å². The second-order valence-corrected chi connectivity index (χ2v) is 9.84. The van der Waals surface area contributed by atoms with Crippen molar-refractivity contribution in [3.05, 3.63) is 45.8 Å². The van der Waals surface area contributed by atoms with Crippen LogP contribution in [0.4, 0.5) is 5.00 Å². The van der Waals surface area contributed by atoms with E-state index in [9.17, 15) is 18.0 Å². The first-order valence-electron chi connectivity index (χ1n) is 9.51. The lowest BCUT2D eigenvalue weighted by molar-refractivity contribution is 0.0601. The van der Waals surface area contributed by atoms with E-state index in [0.29, 0.717) is 10.6 Å². The Morgan fingerprint density at radius 2 is 1.66 bits per heavy atom. The van der Waals surface area contributed by atoms with Crippen LogP contribution in [-0.2, 0) is 14.8 Å². The third kappa shape index (κ3) is 5.51. The van der Waals surface area contributed by atoms with Crippen molar-refractivity contribution in [3.8, 4) is 12.1 Å². The molecule has 0 aliphatic rings. The average molecular weight is 475 g/mol. The number of hydrogen-bond donors (Lipinski definition) is 1. The number of esters is 1. The maximum atomic E-state index is 12.9. The second kappa shape index (κ2) is 10.9. The minimum Gasteiger partial charge on any atom is -0.465 e. The summed E-state index contributed by atoms with van der Waals surface area (Å²) in [5, 5.41) is 20.6. The van der Waals surface area contributed by atoms with Gasteiger partial charge < -0.3 is 10.1 Å². The molecule has 2 rings (SSSR count). The van der Waals surface area contributed by atoms with Crippen LogP contribution in [0.5, 0.6) is 0 Å². The fraction of sp³-hybridized carbons (Fsp3) is 0.333. The van der Waals surface area contributed by atoms with Gasteiger partial charge in [-0.15, -0.1) is 11.3 Å². The molecule has 1 N–H and O–H groups in total. The smallest absolute Gasteiger partial charge is 0.341 e. The van der Waals surface area contributed by atoms with Gasteiger partial charge in [0.05, 0.1) is 29.7 Å². The molecule has 0 unspecified atom stereocenters. The van der Waals surface area contributed by atoms with Crippen molar-refractivity contribution in [1.82, 2.24) is 4.31 Å². The topological polar surface area (TPSA) is 140 Å². The molecule has 9 nitrogen and oxygen atoms in total. The second-order valence-electron chi connectivity index (χ2n) is 6.68. The summed E-state index contributed by atoms with van der Waals surface area (Å²) < 4.78 is 31.6. The summed E-state index contributed by atoms with van der Waals surface area (Å²) in [7, 11) is -2.67. The molecule has 0 aliphatic carbocycles. The Hall–Kier alpha value is -3.25. The summed E-state index contributed by atoms with van der Waals surface area (Å²) in [4.78, 5) is 25.6. The van der Waals surface area contributed by atoms with Crippen LogP contribution in [-0.4, -0.2) is 44.8 Å². The molecule has 0 saturated carbocycles. The van der Waals surface area contributed by atoms with Crippen LogP contribution in [0.3, 0.4) is 0 Å². The Morgan fingerprint density at radius 1 is 1.09 bits per heavy atom. The summed E-state index contributed by atoms with van der Waals surface area (Å²) in [6, 6.07) is 9.10. The molecule has 0 spiro atoms. The molecule has 1 amide bonds. The van der Waals surface area contributed by atoms with Gasteiger partial charge in [0.1, 0.15) is 5.00 Å². The number of rotatable bonds is 9. The molecule has 0 saturated heterocycles. The summed E-state index contributed by atoms with van der Waals surface area (Å²) >= 11 is 1.25. The number of amides is 1. The summed E-state index contributed by atoms with van der Waals surface area (Å²) in [5.41, 5.74) is 1.20. The minimum absolute atomic E-state index is 0.00662. The minimum atomic E-state index is -3.93. The number of thiophene rings is 1. The highest BCUT2D eigenvalue weighted by Crippen LogP contribution is 2.33. The van der Waals surface area contributed by atoms with Crippen LogP contribution < -0.4 is 5.32 Å². The fourth-order valence-electron chi connectivity index (χ4n) is 2.87. The average Bonchev–Trinajstić information content (AvgIpc) is 3.06. The fourth-order valence-corrected chi connectivity index (χ4v) is 5.35. The molecule has 2 aromatic rings. The summed E-state index contributed by atoms with van der Waals surface area (Å²) in [5.74, 6) is -1.07. The number of carbonyl (C=O) groups is 2. The van der Waals surface area contributed by atoms with E-state index in [1.165, 1.54) is 42.7 Å². The number of ether oxygens (including phenoxy) is 1. The maximum absolute atomic E-state index is 12.9. The normalized spacial score (nSPS) is 10.9. The lowest BCUT2D eigenvalue weighted by atomic mass is 10.1. The van der Waals surface area contributed by atoms with Crippen molar-refractivity contribution >= 4 is 38.2 Å². The zero-order chi connectivity index (χ0) is 23.9. The van der Waals surface area contributed by atoms with E-state index in [1.807, 2.05) is 19.1 Å². The number of sulfonamides is 1. The summed E-state index contributed by atoms with van der Waals surface area (Å²) in [6.45, 7) is 3.52. The molecule has 1 heterocycles. The number of hydrogen-bond acceptors (Lipinski definition) is 8. The predicted molar refractivity (Wildman–Crippen MR) is 119 cm³/mol. The summed E-state index contributed by atoms with van der Waals surface area (Å²) in [6.07, 6.45) is -0.0132. The van der Waals surface area contributed by atoms with Crippen LogP contribution in [0.1, 0.15) is 44.0 Å². The molecule has 1 aromatic heterocycles. The van der Waals surface area contributed by atoms with Crippen molar-refractivity contribution in [1.29, 1.82) is 10.5 Å². The van der Waals surface area contributed by atoms with Crippen molar-refractivity contribution in [2.45, 2.75) is 31.6 Å². The molecule has 0 bridgehead atoms. The first-order valence-corrected chi connectivity index (χ1v) is 11.8. The quantitative estimate of drug-likeness (QED) is 0.550. The molecule has 0 radical (unpaired) electrons. The van der Waals surface area contributed by atoms with Crippen molar-refractivity contribution in [2.24, 2.45) is 0 Å². The number of nitrogens with zero attached hydrogens (tertiary/aromatic N) is 3. The van der Waals surface area contributed by atoms with E-state index in [1.54, 1.807) is 6.92 Å². The molecular weight excluding hydrogens is 452 g/mol. The molecule has 0 atom stereocenters. The first kappa shape index (κ1) is 25.0. The zero-order valence-corrected chi connectivity index (χ0v) is 19.5. The van der Waals surface area contributed by atoms with E-state index < -0.39 is 21.9 Å². The molecule has 0 fully saturated rings. The van der Waals surface area contributed by atoms with E-state index in [2.05, 4.69) is 5.32 Å². The standard InChI is InChI=1S/C21H22N4O5S2/c1-14-15(2)31-20(18(14)21(27)30-3)24-19(26)16-6-8-17(9-7-16)32(28,29)25(12-4-10-22)13-5-11-23/h6-9H,4-5,12-13H2,1-3H3,(H,24,26). The van der Waals surface area contributed by atoms with Crippen LogP contribution in [0.25, 0.3) is 0 Å². The largest absolute Gasteiger partial charge is 0.465 e. The third-order valence-electron chi connectivity index (χ3n) is 4.70. The molecule has 1 aromatic carbocycles. The highest BCUT2D eigenvalue weighted by atomic mass is 32.2. The number of benzene rings is 1. The van der Waals surface area contributed by atoms with E-state index in [0.717, 1.165) is 9.18 Å². The third-order valence-corrected chi connectivity index (χ3v) is 7.74. The number of nitrogens with one attached hydrogen (secondary N) is 1. The van der Waals surface area contributed by atoms with E-state index >= 15 is 0 Å². The van der Waals surface area contributed by atoms with Crippen LogP contribution >= 0.6 is 11.3 Å². The van der Waals surface area contributed by atoms with Gasteiger partial charge in [0.25, 0.3) is 5.91 Å². The zero-order valence-electron chi connectivity index (χ0n) is 17.8. The maximum Gasteiger partial charge on any atom is 0.341 e. The monoisotopic (exact) mass is 474 g/mol. The van der Waals surface area contributed by atoms with Crippen molar-refractivity contribution < 1.29 is 22.7 Å². The van der Waals surface area contributed by atoms with Crippen LogP contribution in [0, 0.1) is 36.5 Å². The Kier molecular flexibility index (Phi) is 8.49. The van der Waals surface area contributed by atoms with Gasteiger partial charge in [0.15, 0.2) is 0 Å². The van der Waals surface area contributed by atoms with E-state index in [-0.39, 0.29) is 42.0 Å². The van der Waals surface area contributed by atoms with Crippen molar-refractivity contribution in [3.63, 3.8) is 0 Å². The number of aryl methyl sites for hydroxylation is 1. The van der Waals surface area contributed by atoms with Gasteiger partial charge in [-0.2, -0.15) is 14.8 Å². The van der Waals surface area contributed by atoms with Gasteiger partial charge in [-0.25, -0.2) is 13.2 Å². The Bertz CT molecular complexity index is 1170. The van der Waals surface area contributed by atoms with Gasteiger partial charge in [0, 0.05) is 36.4 Å². The SMILES string of the molecule is COC(=O)c1c(NC(=O)c2ccc(S(=O)(=O)N(CCC#N)CCC#N)cc2)sc(C)c1C. The number of anilines is 1. The molecule has 0 aliphatic heterocycles. The molecule has 32 heavy (non-hydrogen) atoms. The van der Waals surface area contributed by atoms with Crippen molar-refractivity contribution in [2.75, 3.05) is 25.5 Å². The lowest BCUT2D eigenvalue weighted by Gasteiger charge is -2.20. The van der Waals surface area contributed by atoms with Gasteiger partial charge in [-0.1, -0.05) is 0 Å². The lowest BCUT2D eigenvalue weighted by Crippen LogP contribution is -2.32. The highest BCUT2D eigenvalue weighted by Gasteiger charge is 2.25. The van der Waals surface area contributed by atoms with Crippen LogP contribution in [0.2, 0.25) is 0 Å². The van der Waals surface area contributed by atoms with Gasteiger partial charge in [-0.3, -0.25) is 4.79 Å². The highest BCUT2D eigenvalue weighted by molar-refractivity contribution is 7.89. The first-order chi connectivity index (χ1) is 15.2.